The van der Waals surface area contributed by atoms with Gasteiger partial charge in [-0.1, -0.05) is 19.8 Å². The minimum Gasteiger partial charge on any atom is -0.425 e. The van der Waals surface area contributed by atoms with Crippen molar-refractivity contribution < 1.29 is 49.4 Å². The zero-order valence-electron chi connectivity index (χ0n) is 20.8. The van der Waals surface area contributed by atoms with Crippen LogP contribution in [0.3, 0.4) is 0 Å². The van der Waals surface area contributed by atoms with Gasteiger partial charge >= 0.3 is 70.9 Å². The van der Waals surface area contributed by atoms with E-state index in [9.17, 15) is 0 Å². The Morgan fingerprint density at radius 3 is 1.33 bits per heavy atom. The van der Waals surface area contributed by atoms with Gasteiger partial charge in [-0.15, -0.1) is 0 Å². The van der Waals surface area contributed by atoms with Crippen molar-refractivity contribution >= 4 is 81.4 Å². The molecule has 4 atom stereocenters. The van der Waals surface area contributed by atoms with Gasteiger partial charge in [0.1, 0.15) is 10.5 Å². The summed E-state index contributed by atoms with van der Waals surface area (Å²) in [5.74, 6) is 0. The number of unbranched alkanes of at least 4 members (excludes halogenated alkanes) is 2. The fourth-order valence-electron chi connectivity index (χ4n) is 4.84. The molecule has 0 N–H and O–H groups in total. The highest BCUT2D eigenvalue weighted by molar-refractivity contribution is 6.99. The van der Waals surface area contributed by atoms with Crippen molar-refractivity contribution in [2.75, 3.05) is 0 Å². The predicted octanol–water partition coefficient (Wildman–Crippen LogP) is 0.912. The molecule has 0 aromatic heterocycles. The van der Waals surface area contributed by atoms with Crippen LogP contribution >= 0.6 is 0 Å². The van der Waals surface area contributed by atoms with Crippen molar-refractivity contribution in [3.05, 3.63) is 0 Å². The van der Waals surface area contributed by atoms with E-state index in [4.69, 9.17) is 49.4 Å². The maximum absolute atomic E-state index is 6.74. The quantitative estimate of drug-likeness (QED) is 0.320. The van der Waals surface area contributed by atoms with Crippen molar-refractivity contribution in [2.24, 2.45) is 0 Å². The molecule has 0 aromatic rings. The largest absolute Gasteiger partial charge is 0.475 e. The molecule has 4 fully saturated rings. The first-order valence-electron chi connectivity index (χ1n) is 11.3. The van der Waals surface area contributed by atoms with Gasteiger partial charge in [0.05, 0.1) is 0 Å². The molecule has 6 bridgehead atoms. The van der Waals surface area contributed by atoms with E-state index in [0.29, 0.717) is 16.5 Å². The van der Waals surface area contributed by atoms with Crippen molar-refractivity contribution in [3.8, 4) is 0 Å². The molecule has 4 aliphatic heterocycles. The van der Waals surface area contributed by atoms with Crippen molar-refractivity contribution in [1.82, 2.24) is 0 Å². The standard InChI is InChI=1S/C12H36O12Si9/c1-9-10-11-12-33(13-25)23-31(7)18-27(3)14-26(2)15-28(4)17-29(5,16-27)20-30(6,21-31)22-32(8,19-28)24-33/h26H,9-12H2,1-8,25H3. The molecule has 0 amide bonds. The Morgan fingerprint density at radius 2 is 0.970 bits per heavy atom. The van der Waals surface area contributed by atoms with Crippen molar-refractivity contribution in [1.29, 1.82) is 0 Å². The second-order valence-corrected chi connectivity index (χ2v) is 33.5. The van der Waals surface area contributed by atoms with Gasteiger partial charge in [0.2, 0.25) is 0 Å². The highest BCUT2D eigenvalue weighted by atomic mass is 28.6. The number of hydrogen-bond donors (Lipinski definition) is 0. The smallest absolute Gasteiger partial charge is 0.425 e. The van der Waals surface area contributed by atoms with Crippen LogP contribution in [0.5, 0.6) is 0 Å². The Hall–Kier alpha value is 1.47. The third-order valence-corrected chi connectivity index (χ3v) is 41.2. The average molecular weight is 625 g/mol. The molecule has 192 valence electrons. The van der Waals surface area contributed by atoms with E-state index in [0.717, 1.165) is 19.3 Å². The predicted molar refractivity (Wildman–Crippen MR) is 136 cm³/mol. The Balaban J connectivity index is 1.87. The highest BCUT2D eigenvalue weighted by Gasteiger charge is 2.74. The van der Waals surface area contributed by atoms with Crippen LogP contribution in [-0.4, -0.2) is 81.4 Å². The molecule has 0 spiro atoms. The Labute approximate surface area is 208 Å². The molecule has 4 aliphatic rings. The zero-order chi connectivity index (χ0) is 24.4. The Kier molecular flexibility index (Phi) is 7.54. The molecule has 4 saturated heterocycles. The van der Waals surface area contributed by atoms with Crippen LogP contribution in [0.2, 0.25) is 51.9 Å². The fraction of sp³-hybridized carbons (Fsp3) is 1.00. The van der Waals surface area contributed by atoms with Crippen LogP contribution in [0.1, 0.15) is 26.2 Å². The molecule has 0 aromatic carbocycles. The molecule has 4 rings (SSSR count). The molecular formula is C12H36O12Si9. The summed E-state index contributed by atoms with van der Waals surface area (Å²) in [7, 11) is -25.7. The molecule has 12 nitrogen and oxygen atoms in total. The molecule has 4 unspecified atom stereocenters. The van der Waals surface area contributed by atoms with Crippen LogP contribution < -0.4 is 0 Å². The lowest BCUT2D eigenvalue weighted by Gasteiger charge is -2.56. The van der Waals surface area contributed by atoms with E-state index in [1.165, 1.54) is 0 Å². The summed E-state index contributed by atoms with van der Waals surface area (Å²) in [6, 6.07) is 0.603. The van der Waals surface area contributed by atoms with Crippen LogP contribution in [0, 0.1) is 0 Å². The van der Waals surface area contributed by atoms with E-state index in [-0.39, 0.29) is 0 Å². The summed E-state index contributed by atoms with van der Waals surface area (Å²) in [4.78, 5) is 0. The van der Waals surface area contributed by atoms with Gasteiger partial charge < -0.3 is 49.4 Å². The van der Waals surface area contributed by atoms with E-state index in [1.54, 1.807) is 13.1 Å². The average Bonchev–Trinajstić information content (AvgIpc) is 2.54. The molecule has 21 heteroatoms. The van der Waals surface area contributed by atoms with E-state index >= 15 is 0 Å². The second-order valence-electron chi connectivity index (χ2n) is 9.24. The van der Waals surface area contributed by atoms with E-state index in [1.807, 2.05) is 32.7 Å². The highest BCUT2D eigenvalue weighted by Crippen LogP contribution is 2.44. The lowest BCUT2D eigenvalue weighted by Crippen LogP contribution is -2.82. The van der Waals surface area contributed by atoms with Gasteiger partial charge in [0, 0.05) is 45.3 Å². The van der Waals surface area contributed by atoms with Crippen LogP contribution in [0.15, 0.2) is 0 Å². The first kappa shape index (κ1) is 27.5. The number of fused-ring (bicyclic) bond motifs is 4. The lowest BCUT2D eigenvalue weighted by molar-refractivity contribution is 0.0141. The molecule has 0 saturated carbocycles. The lowest BCUT2D eigenvalue weighted by atomic mass is 10.3. The normalized spacial score (nSPS) is 54.7. The third-order valence-electron chi connectivity index (χ3n) is 5.43. The SMILES string of the molecule is CCCCC[Si]1(O[SiH3])O[Si]2(C)O[Si]3(C)O[SiH](C)O[Si]4(C)O[Si](C)(O3)O[Si](C)(O2)O[Si](C)(O4)O1. The van der Waals surface area contributed by atoms with Gasteiger partial charge in [0.15, 0.2) is 0 Å². The second kappa shape index (κ2) is 9.04. The number of hydrogen-bond acceptors (Lipinski definition) is 12. The van der Waals surface area contributed by atoms with Gasteiger partial charge in [-0.2, -0.15) is 0 Å². The van der Waals surface area contributed by atoms with E-state index < -0.39 is 70.9 Å². The van der Waals surface area contributed by atoms with Crippen molar-refractivity contribution in [3.63, 3.8) is 0 Å². The van der Waals surface area contributed by atoms with Gasteiger partial charge in [-0.3, -0.25) is 0 Å². The summed E-state index contributed by atoms with van der Waals surface area (Å²) in [6.45, 7) is 14.9. The van der Waals surface area contributed by atoms with Crippen molar-refractivity contribution in [2.45, 2.75) is 78.1 Å². The zero-order valence-corrected chi connectivity index (χ0v) is 31.0. The Morgan fingerprint density at radius 1 is 0.606 bits per heavy atom. The minimum absolute atomic E-state index is 0.406. The molecular weight excluding hydrogens is 589 g/mol. The molecule has 4 heterocycles. The summed E-state index contributed by atoms with van der Waals surface area (Å²) >= 11 is 0. The molecule has 0 radical (unpaired) electrons. The molecule has 0 aliphatic carbocycles. The first-order chi connectivity index (χ1) is 15.1. The number of rotatable bonds is 5. The third kappa shape index (κ3) is 5.98. The van der Waals surface area contributed by atoms with Crippen LogP contribution in [-0.2, 0) is 49.4 Å². The van der Waals surface area contributed by atoms with Gasteiger partial charge in [0.25, 0.3) is 0 Å². The minimum atomic E-state index is -3.49. The van der Waals surface area contributed by atoms with Gasteiger partial charge in [-0.25, -0.2) is 0 Å². The van der Waals surface area contributed by atoms with Gasteiger partial charge in [-0.05, 0) is 13.0 Å². The summed E-state index contributed by atoms with van der Waals surface area (Å²) in [5, 5.41) is 0. The van der Waals surface area contributed by atoms with Crippen LogP contribution in [0.4, 0.5) is 0 Å². The maximum atomic E-state index is 6.74. The van der Waals surface area contributed by atoms with E-state index in [2.05, 4.69) is 6.92 Å². The Bertz CT molecular complexity index is 719. The summed E-state index contributed by atoms with van der Waals surface area (Å²) in [6.07, 6.45) is 2.95. The van der Waals surface area contributed by atoms with Crippen LogP contribution in [0.25, 0.3) is 0 Å². The molecule has 33 heavy (non-hydrogen) atoms. The summed E-state index contributed by atoms with van der Waals surface area (Å²) in [5.41, 5.74) is 0. The summed E-state index contributed by atoms with van der Waals surface area (Å²) < 4.78 is 78.4. The first-order valence-corrected chi connectivity index (χ1v) is 29.5. The topological polar surface area (TPSA) is 111 Å². The maximum Gasteiger partial charge on any atom is 0.475 e. The fourth-order valence-corrected chi connectivity index (χ4v) is 48.8. The monoisotopic (exact) mass is 624 g/mol.